The quantitative estimate of drug-likeness (QED) is 0.914. The Balaban J connectivity index is 1.84. The molecule has 1 N–H and O–H groups in total. The van der Waals surface area contributed by atoms with Crippen molar-refractivity contribution in [2.75, 3.05) is 6.79 Å². The molecule has 0 aliphatic carbocycles. The van der Waals surface area contributed by atoms with Crippen LogP contribution >= 0.6 is 0 Å². The molecule has 0 radical (unpaired) electrons. The van der Waals surface area contributed by atoms with Gasteiger partial charge in [0.15, 0.2) is 11.5 Å². The molecular weight excluding hydrogens is 244 g/mol. The van der Waals surface area contributed by atoms with Gasteiger partial charge in [0.05, 0.1) is 6.20 Å². The average molecular weight is 260 g/mol. The first-order chi connectivity index (χ1) is 9.28. The lowest BCUT2D eigenvalue weighted by molar-refractivity contribution is 0.173. The fourth-order valence-electron chi connectivity index (χ4n) is 2.15. The lowest BCUT2D eigenvalue weighted by atomic mass is 10.0. The Morgan fingerprint density at radius 3 is 3.00 bits per heavy atom. The Kier molecular flexibility index (Phi) is 3.13. The largest absolute Gasteiger partial charge is 0.454 e. The minimum Gasteiger partial charge on any atom is -0.454 e. The standard InChI is InChI=1S/C14H16N2O3/c1-2-5-16-8-11(7-15-16)14(17)10-3-4-12-13(6-10)19-9-18-12/h3-4,6-8,14,17H,2,5,9H2,1H3. The van der Waals surface area contributed by atoms with Gasteiger partial charge < -0.3 is 14.6 Å². The third-order valence-electron chi connectivity index (χ3n) is 3.13. The van der Waals surface area contributed by atoms with Gasteiger partial charge in [-0.15, -0.1) is 0 Å². The lowest BCUT2D eigenvalue weighted by Crippen LogP contribution is -1.99. The molecule has 0 amide bonds. The topological polar surface area (TPSA) is 56.5 Å². The molecule has 3 rings (SSSR count). The van der Waals surface area contributed by atoms with E-state index in [1.54, 1.807) is 6.20 Å². The van der Waals surface area contributed by atoms with E-state index < -0.39 is 6.10 Å². The molecule has 5 nitrogen and oxygen atoms in total. The predicted molar refractivity (Wildman–Crippen MR) is 69.1 cm³/mol. The van der Waals surface area contributed by atoms with Crippen molar-refractivity contribution in [2.45, 2.75) is 26.0 Å². The molecule has 1 aromatic carbocycles. The second-order valence-electron chi connectivity index (χ2n) is 4.55. The summed E-state index contributed by atoms with van der Waals surface area (Å²) in [6.45, 7) is 3.19. The molecule has 1 unspecified atom stereocenters. The van der Waals surface area contributed by atoms with Gasteiger partial charge >= 0.3 is 0 Å². The van der Waals surface area contributed by atoms with Crippen LogP contribution < -0.4 is 9.47 Å². The van der Waals surface area contributed by atoms with Gasteiger partial charge in [-0.2, -0.15) is 5.10 Å². The first-order valence-corrected chi connectivity index (χ1v) is 6.38. The van der Waals surface area contributed by atoms with E-state index in [-0.39, 0.29) is 6.79 Å². The molecule has 0 saturated carbocycles. The Bertz CT molecular complexity index is 580. The number of fused-ring (bicyclic) bond motifs is 1. The molecule has 1 aliphatic heterocycles. The summed E-state index contributed by atoms with van der Waals surface area (Å²) in [5.74, 6) is 1.40. The zero-order chi connectivity index (χ0) is 13.2. The summed E-state index contributed by atoms with van der Waals surface area (Å²) in [6, 6.07) is 5.47. The molecule has 0 bridgehead atoms. The zero-order valence-corrected chi connectivity index (χ0v) is 10.7. The summed E-state index contributed by atoms with van der Waals surface area (Å²) in [4.78, 5) is 0. The summed E-state index contributed by atoms with van der Waals surface area (Å²) in [7, 11) is 0. The van der Waals surface area contributed by atoms with Gasteiger partial charge in [-0.05, 0) is 24.1 Å². The van der Waals surface area contributed by atoms with Crippen LogP contribution in [-0.2, 0) is 6.54 Å². The zero-order valence-electron chi connectivity index (χ0n) is 10.7. The molecule has 1 aliphatic rings. The summed E-state index contributed by atoms with van der Waals surface area (Å²) >= 11 is 0. The van der Waals surface area contributed by atoms with Crippen LogP contribution in [0.15, 0.2) is 30.6 Å². The number of aliphatic hydroxyl groups is 1. The molecule has 1 aromatic heterocycles. The second-order valence-corrected chi connectivity index (χ2v) is 4.55. The molecule has 2 aromatic rings. The van der Waals surface area contributed by atoms with Crippen molar-refractivity contribution >= 4 is 0 Å². The van der Waals surface area contributed by atoms with Gasteiger partial charge in [0, 0.05) is 18.3 Å². The monoisotopic (exact) mass is 260 g/mol. The van der Waals surface area contributed by atoms with Crippen molar-refractivity contribution in [3.05, 3.63) is 41.7 Å². The fourth-order valence-corrected chi connectivity index (χ4v) is 2.15. The van der Waals surface area contributed by atoms with Gasteiger partial charge in [0.25, 0.3) is 0 Å². The van der Waals surface area contributed by atoms with Crippen LogP contribution in [0.4, 0.5) is 0 Å². The molecule has 0 saturated heterocycles. The number of rotatable bonds is 4. The first-order valence-electron chi connectivity index (χ1n) is 6.38. The van der Waals surface area contributed by atoms with E-state index in [2.05, 4.69) is 12.0 Å². The number of hydrogen-bond donors (Lipinski definition) is 1. The van der Waals surface area contributed by atoms with Crippen LogP contribution in [0.3, 0.4) is 0 Å². The van der Waals surface area contributed by atoms with Crippen LogP contribution in [0.1, 0.15) is 30.6 Å². The molecule has 5 heteroatoms. The van der Waals surface area contributed by atoms with Gasteiger partial charge in [0.2, 0.25) is 6.79 Å². The maximum Gasteiger partial charge on any atom is 0.231 e. The van der Waals surface area contributed by atoms with Crippen LogP contribution in [0.2, 0.25) is 0 Å². The average Bonchev–Trinajstić information content (AvgIpc) is 3.05. The smallest absolute Gasteiger partial charge is 0.231 e. The highest BCUT2D eigenvalue weighted by atomic mass is 16.7. The molecule has 2 heterocycles. The number of benzene rings is 1. The number of ether oxygens (including phenoxy) is 2. The number of nitrogens with zero attached hydrogens (tertiary/aromatic N) is 2. The highest BCUT2D eigenvalue weighted by molar-refractivity contribution is 5.46. The third kappa shape index (κ3) is 2.29. The number of aliphatic hydroxyl groups excluding tert-OH is 1. The van der Waals surface area contributed by atoms with Crippen molar-refractivity contribution < 1.29 is 14.6 Å². The van der Waals surface area contributed by atoms with Crippen molar-refractivity contribution in [1.82, 2.24) is 9.78 Å². The number of aryl methyl sites for hydroxylation is 1. The van der Waals surface area contributed by atoms with Crippen LogP contribution in [0, 0.1) is 0 Å². The highest BCUT2D eigenvalue weighted by Crippen LogP contribution is 2.35. The SMILES string of the molecule is CCCn1cc(C(O)c2ccc3c(c2)OCO3)cn1. The van der Waals surface area contributed by atoms with E-state index in [1.165, 1.54) is 0 Å². The molecular formula is C14H16N2O3. The molecule has 19 heavy (non-hydrogen) atoms. The fraction of sp³-hybridized carbons (Fsp3) is 0.357. The lowest BCUT2D eigenvalue weighted by Gasteiger charge is -2.09. The third-order valence-corrected chi connectivity index (χ3v) is 3.13. The molecule has 0 fully saturated rings. The predicted octanol–water partition coefficient (Wildman–Crippen LogP) is 2.10. The molecule has 1 atom stereocenters. The van der Waals surface area contributed by atoms with Crippen LogP contribution in [0.5, 0.6) is 11.5 Å². The summed E-state index contributed by atoms with van der Waals surface area (Å²) in [5, 5.41) is 14.6. The Morgan fingerprint density at radius 1 is 1.32 bits per heavy atom. The minimum atomic E-state index is -0.694. The normalized spacial score (nSPS) is 14.6. The van der Waals surface area contributed by atoms with Crippen LogP contribution in [0.25, 0.3) is 0 Å². The highest BCUT2D eigenvalue weighted by Gasteiger charge is 2.18. The van der Waals surface area contributed by atoms with Gasteiger partial charge in [-0.25, -0.2) is 0 Å². The van der Waals surface area contributed by atoms with E-state index >= 15 is 0 Å². The number of hydrogen-bond acceptors (Lipinski definition) is 4. The minimum absolute atomic E-state index is 0.239. The Morgan fingerprint density at radius 2 is 2.16 bits per heavy atom. The van der Waals surface area contributed by atoms with Crippen molar-refractivity contribution in [3.8, 4) is 11.5 Å². The van der Waals surface area contributed by atoms with Crippen molar-refractivity contribution in [1.29, 1.82) is 0 Å². The van der Waals surface area contributed by atoms with E-state index in [0.717, 1.165) is 29.8 Å². The molecule has 0 spiro atoms. The maximum absolute atomic E-state index is 10.4. The Labute approximate surface area is 111 Å². The Hall–Kier alpha value is -2.01. The van der Waals surface area contributed by atoms with Crippen molar-refractivity contribution in [3.63, 3.8) is 0 Å². The number of aromatic nitrogens is 2. The van der Waals surface area contributed by atoms with Gasteiger partial charge in [-0.3, -0.25) is 4.68 Å². The van der Waals surface area contributed by atoms with Gasteiger partial charge in [-0.1, -0.05) is 13.0 Å². The van der Waals surface area contributed by atoms with Crippen molar-refractivity contribution in [2.24, 2.45) is 0 Å². The second kappa shape index (κ2) is 4.93. The summed E-state index contributed by atoms with van der Waals surface area (Å²) in [6.07, 6.45) is 3.89. The first kappa shape index (κ1) is 12.0. The maximum atomic E-state index is 10.4. The van der Waals surface area contributed by atoms with E-state index in [1.807, 2.05) is 29.1 Å². The van der Waals surface area contributed by atoms with E-state index in [9.17, 15) is 5.11 Å². The van der Waals surface area contributed by atoms with E-state index in [4.69, 9.17) is 9.47 Å². The summed E-state index contributed by atoms with van der Waals surface area (Å²) in [5.41, 5.74) is 1.56. The van der Waals surface area contributed by atoms with Gasteiger partial charge in [0.1, 0.15) is 6.10 Å². The molecule has 100 valence electrons. The summed E-state index contributed by atoms with van der Waals surface area (Å²) < 4.78 is 12.4. The van der Waals surface area contributed by atoms with Crippen LogP contribution in [-0.4, -0.2) is 21.7 Å². The van der Waals surface area contributed by atoms with E-state index in [0.29, 0.717) is 5.75 Å².